The quantitative estimate of drug-likeness (QED) is 0.523. The number of amides is 1. The monoisotopic (exact) mass is 315 g/mol. The standard InChI is InChI=1S/C17H33NO4/c1-8-9-10-11-12-18(15(20)22-17(5,6)7)13-14(19)21-16(2,3)4/h8-13H2,1-7H3. The third kappa shape index (κ3) is 11.4. The largest absolute Gasteiger partial charge is 0.459 e. The van der Waals surface area contributed by atoms with Crippen LogP contribution in [0.25, 0.3) is 0 Å². The molecule has 0 aliphatic heterocycles. The second kappa shape index (κ2) is 9.01. The highest BCUT2D eigenvalue weighted by Gasteiger charge is 2.26. The minimum Gasteiger partial charge on any atom is -0.459 e. The minimum atomic E-state index is -0.577. The van der Waals surface area contributed by atoms with Crippen molar-refractivity contribution in [1.29, 1.82) is 0 Å². The summed E-state index contributed by atoms with van der Waals surface area (Å²) in [5.41, 5.74) is -1.13. The lowest BCUT2D eigenvalue weighted by Gasteiger charge is -2.28. The van der Waals surface area contributed by atoms with Crippen molar-refractivity contribution < 1.29 is 19.1 Å². The molecule has 0 aromatic rings. The number of nitrogens with zero attached hydrogens (tertiary/aromatic N) is 1. The Hall–Kier alpha value is -1.26. The van der Waals surface area contributed by atoms with E-state index in [9.17, 15) is 9.59 Å². The molecule has 0 atom stereocenters. The van der Waals surface area contributed by atoms with Gasteiger partial charge in [-0.05, 0) is 48.0 Å². The Bertz CT molecular complexity index is 353. The van der Waals surface area contributed by atoms with Crippen molar-refractivity contribution in [3.05, 3.63) is 0 Å². The molecule has 0 radical (unpaired) electrons. The van der Waals surface area contributed by atoms with Crippen LogP contribution >= 0.6 is 0 Å². The fourth-order valence-electron chi connectivity index (χ4n) is 1.82. The highest BCUT2D eigenvalue weighted by atomic mass is 16.6. The molecule has 0 saturated carbocycles. The molecule has 0 bridgehead atoms. The van der Waals surface area contributed by atoms with Crippen LogP contribution in [0, 0.1) is 0 Å². The number of carbonyl (C=O) groups excluding carboxylic acids is 2. The van der Waals surface area contributed by atoms with Crippen LogP contribution in [-0.2, 0) is 14.3 Å². The zero-order valence-electron chi connectivity index (χ0n) is 15.3. The van der Waals surface area contributed by atoms with Gasteiger partial charge in [0, 0.05) is 6.54 Å². The summed E-state index contributed by atoms with van der Waals surface area (Å²) >= 11 is 0. The SMILES string of the molecule is CCCCCCN(CC(=O)OC(C)(C)C)C(=O)OC(C)(C)C. The van der Waals surface area contributed by atoms with E-state index in [1.165, 1.54) is 4.90 Å². The lowest BCUT2D eigenvalue weighted by Crippen LogP contribution is -2.42. The van der Waals surface area contributed by atoms with Gasteiger partial charge in [-0.15, -0.1) is 0 Å². The second-order valence-electron chi connectivity index (χ2n) is 7.55. The van der Waals surface area contributed by atoms with Crippen molar-refractivity contribution in [2.45, 2.75) is 85.4 Å². The van der Waals surface area contributed by atoms with Crippen LogP contribution in [0.1, 0.15) is 74.1 Å². The molecule has 0 rings (SSSR count). The van der Waals surface area contributed by atoms with Gasteiger partial charge >= 0.3 is 12.1 Å². The second-order valence-corrected chi connectivity index (χ2v) is 7.55. The summed E-state index contributed by atoms with van der Waals surface area (Å²) in [4.78, 5) is 25.6. The first-order valence-corrected chi connectivity index (χ1v) is 8.14. The summed E-state index contributed by atoms with van der Waals surface area (Å²) < 4.78 is 10.7. The number of esters is 1. The van der Waals surface area contributed by atoms with E-state index in [1.807, 2.05) is 41.5 Å². The molecule has 0 N–H and O–H groups in total. The molecule has 0 heterocycles. The van der Waals surface area contributed by atoms with Gasteiger partial charge < -0.3 is 9.47 Å². The summed E-state index contributed by atoms with van der Waals surface area (Å²) in [7, 11) is 0. The van der Waals surface area contributed by atoms with Crippen molar-refractivity contribution in [2.75, 3.05) is 13.1 Å². The number of hydrogen-bond acceptors (Lipinski definition) is 4. The van der Waals surface area contributed by atoms with E-state index in [0.29, 0.717) is 6.54 Å². The minimum absolute atomic E-state index is 0.0711. The van der Waals surface area contributed by atoms with Gasteiger partial charge in [0.2, 0.25) is 0 Å². The van der Waals surface area contributed by atoms with Gasteiger partial charge in [0.15, 0.2) is 0 Å². The molecular formula is C17H33NO4. The third-order valence-corrected chi connectivity index (χ3v) is 2.67. The Labute approximate surface area is 135 Å². The molecule has 0 unspecified atom stereocenters. The van der Waals surface area contributed by atoms with Gasteiger partial charge in [-0.1, -0.05) is 26.2 Å². The van der Waals surface area contributed by atoms with Gasteiger partial charge in [0.1, 0.15) is 17.7 Å². The molecule has 0 aliphatic rings. The first kappa shape index (κ1) is 20.7. The Morgan fingerprint density at radius 3 is 1.86 bits per heavy atom. The molecule has 0 aliphatic carbocycles. The van der Waals surface area contributed by atoms with Gasteiger partial charge in [-0.2, -0.15) is 0 Å². The Balaban J connectivity index is 4.64. The van der Waals surface area contributed by atoms with Crippen molar-refractivity contribution in [1.82, 2.24) is 4.90 Å². The maximum Gasteiger partial charge on any atom is 0.410 e. The van der Waals surface area contributed by atoms with Crippen LogP contribution in [0.4, 0.5) is 4.79 Å². The average molecular weight is 315 g/mol. The summed E-state index contributed by atoms with van der Waals surface area (Å²) in [6.07, 6.45) is 3.67. The van der Waals surface area contributed by atoms with Crippen LogP contribution in [-0.4, -0.2) is 41.3 Å². The fourth-order valence-corrected chi connectivity index (χ4v) is 1.82. The van der Waals surface area contributed by atoms with Gasteiger partial charge in [-0.25, -0.2) is 4.79 Å². The van der Waals surface area contributed by atoms with Gasteiger partial charge in [0.05, 0.1) is 0 Å². The molecule has 1 amide bonds. The van der Waals surface area contributed by atoms with E-state index in [-0.39, 0.29) is 6.54 Å². The van der Waals surface area contributed by atoms with Crippen LogP contribution in [0.3, 0.4) is 0 Å². The van der Waals surface area contributed by atoms with Gasteiger partial charge in [0.25, 0.3) is 0 Å². The molecule has 0 saturated heterocycles. The highest BCUT2D eigenvalue weighted by molar-refractivity contribution is 5.78. The molecule has 5 heteroatoms. The fraction of sp³-hybridized carbons (Fsp3) is 0.882. The Kier molecular flexibility index (Phi) is 8.49. The molecule has 130 valence electrons. The lowest BCUT2D eigenvalue weighted by molar-refractivity contribution is -0.156. The summed E-state index contributed by atoms with van der Waals surface area (Å²) in [6, 6.07) is 0. The van der Waals surface area contributed by atoms with Crippen molar-refractivity contribution in [3.63, 3.8) is 0 Å². The first-order chi connectivity index (χ1) is 9.94. The zero-order chi connectivity index (χ0) is 17.4. The summed E-state index contributed by atoms with van der Waals surface area (Å²) in [5, 5.41) is 0. The van der Waals surface area contributed by atoms with Gasteiger partial charge in [-0.3, -0.25) is 9.69 Å². The molecule has 0 spiro atoms. The summed E-state index contributed by atoms with van der Waals surface area (Å²) in [6.45, 7) is 13.4. The number of unbranched alkanes of at least 4 members (excludes halogenated alkanes) is 3. The van der Waals surface area contributed by atoms with Crippen LogP contribution < -0.4 is 0 Å². The molecular weight excluding hydrogens is 282 g/mol. The molecule has 0 fully saturated rings. The predicted octanol–water partition coefficient (Wildman–Crippen LogP) is 4.15. The highest BCUT2D eigenvalue weighted by Crippen LogP contribution is 2.13. The average Bonchev–Trinajstić information content (AvgIpc) is 2.28. The number of rotatable bonds is 7. The van der Waals surface area contributed by atoms with Crippen LogP contribution in [0.15, 0.2) is 0 Å². The van der Waals surface area contributed by atoms with Crippen LogP contribution in [0.2, 0.25) is 0 Å². The number of carbonyl (C=O) groups is 2. The maximum atomic E-state index is 12.2. The molecule has 22 heavy (non-hydrogen) atoms. The number of ether oxygens (including phenoxy) is 2. The smallest absolute Gasteiger partial charge is 0.410 e. The van der Waals surface area contributed by atoms with E-state index >= 15 is 0 Å². The lowest BCUT2D eigenvalue weighted by atomic mass is 10.2. The van der Waals surface area contributed by atoms with Crippen molar-refractivity contribution in [2.24, 2.45) is 0 Å². The maximum absolute atomic E-state index is 12.2. The molecule has 5 nitrogen and oxygen atoms in total. The van der Waals surface area contributed by atoms with Crippen LogP contribution in [0.5, 0.6) is 0 Å². The Morgan fingerprint density at radius 2 is 1.41 bits per heavy atom. The predicted molar refractivity (Wildman–Crippen MR) is 87.8 cm³/mol. The Morgan fingerprint density at radius 1 is 0.864 bits per heavy atom. The summed E-state index contributed by atoms with van der Waals surface area (Å²) in [5.74, 6) is -0.408. The third-order valence-electron chi connectivity index (χ3n) is 2.67. The van der Waals surface area contributed by atoms with Crippen molar-refractivity contribution >= 4 is 12.1 Å². The molecule has 0 aromatic heterocycles. The van der Waals surface area contributed by atoms with E-state index in [1.54, 1.807) is 0 Å². The van der Waals surface area contributed by atoms with Crippen molar-refractivity contribution in [3.8, 4) is 0 Å². The first-order valence-electron chi connectivity index (χ1n) is 8.14. The topological polar surface area (TPSA) is 55.8 Å². The number of hydrogen-bond donors (Lipinski definition) is 0. The molecule has 0 aromatic carbocycles. The zero-order valence-corrected chi connectivity index (χ0v) is 15.3. The van der Waals surface area contributed by atoms with E-state index in [4.69, 9.17) is 9.47 Å². The van der Waals surface area contributed by atoms with E-state index < -0.39 is 23.3 Å². The van der Waals surface area contributed by atoms with E-state index in [0.717, 1.165) is 25.7 Å². The normalized spacial score (nSPS) is 12.0. The van der Waals surface area contributed by atoms with E-state index in [2.05, 4.69) is 6.92 Å².